The molecule has 0 radical (unpaired) electrons. The van der Waals surface area contributed by atoms with Gasteiger partial charge < -0.3 is 0 Å². The summed E-state index contributed by atoms with van der Waals surface area (Å²) in [6.45, 7) is 2.04. The van der Waals surface area contributed by atoms with E-state index in [1.54, 1.807) is 18.2 Å². The van der Waals surface area contributed by atoms with Crippen molar-refractivity contribution in [3.8, 4) is 0 Å². The lowest BCUT2D eigenvalue weighted by Gasteiger charge is -2.06. The summed E-state index contributed by atoms with van der Waals surface area (Å²) in [6.07, 6.45) is 0. The van der Waals surface area contributed by atoms with Gasteiger partial charge in [-0.05, 0) is 19.1 Å². The molecule has 0 saturated heterocycles. The first kappa shape index (κ1) is 13.5. The predicted molar refractivity (Wildman–Crippen MR) is 72.3 cm³/mol. The van der Waals surface area contributed by atoms with Gasteiger partial charge in [0.05, 0.1) is 22.3 Å². The summed E-state index contributed by atoms with van der Waals surface area (Å²) in [5.41, 5.74) is 0.702. The zero-order valence-corrected chi connectivity index (χ0v) is 11.9. The van der Waals surface area contributed by atoms with Crippen LogP contribution in [0, 0.1) is 6.92 Å². The highest BCUT2D eigenvalue weighted by atomic mass is 35.5. The molecule has 7 heteroatoms. The summed E-state index contributed by atoms with van der Waals surface area (Å²) < 4.78 is 26.5. The maximum absolute atomic E-state index is 12.0. The Hall–Kier alpha value is -0.950. The van der Waals surface area contributed by atoms with E-state index in [1.165, 1.54) is 17.4 Å². The SMILES string of the molecule is Cc1nc(CNS(=O)(=O)c2ccccc2Cl)cs1. The van der Waals surface area contributed by atoms with Crippen LogP contribution in [0.2, 0.25) is 5.02 Å². The third kappa shape index (κ3) is 3.08. The molecule has 0 aliphatic carbocycles. The van der Waals surface area contributed by atoms with Gasteiger partial charge in [-0.2, -0.15) is 0 Å². The number of benzene rings is 1. The number of sulfonamides is 1. The van der Waals surface area contributed by atoms with E-state index in [9.17, 15) is 8.42 Å². The number of aryl methyl sites for hydroxylation is 1. The van der Waals surface area contributed by atoms with E-state index in [4.69, 9.17) is 11.6 Å². The molecule has 4 nitrogen and oxygen atoms in total. The summed E-state index contributed by atoms with van der Waals surface area (Å²) in [5, 5.41) is 2.94. The van der Waals surface area contributed by atoms with Crippen LogP contribution in [0.5, 0.6) is 0 Å². The van der Waals surface area contributed by atoms with Crippen molar-refractivity contribution in [3.63, 3.8) is 0 Å². The number of hydrogen-bond acceptors (Lipinski definition) is 4. The molecule has 0 saturated carbocycles. The molecule has 1 aromatic carbocycles. The molecule has 1 aromatic heterocycles. The van der Waals surface area contributed by atoms with Crippen molar-refractivity contribution in [2.45, 2.75) is 18.4 Å². The molecular formula is C11H11ClN2O2S2. The molecule has 96 valence electrons. The van der Waals surface area contributed by atoms with Gasteiger partial charge in [-0.25, -0.2) is 18.1 Å². The maximum Gasteiger partial charge on any atom is 0.242 e. The lowest BCUT2D eigenvalue weighted by Crippen LogP contribution is -2.23. The molecule has 1 N–H and O–H groups in total. The third-order valence-corrected chi connectivity index (χ3v) is 4.96. The summed E-state index contributed by atoms with van der Waals surface area (Å²) in [4.78, 5) is 4.27. The number of nitrogens with zero attached hydrogens (tertiary/aromatic N) is 1. The van der Waals surface area contributed by atoms with Gasteiger partial charge >= 0.3 is 0 Å². The Kier molecular flexibility index (Phi) is 4.01. The van der Waals surface area contributed by atoms with Gasteiger partial charge in [-0.15, -0.1) is 11.3 Å². The van der Waals surface area contributed by atoms with Gasteiger partial charge in [0.15, 0.2) is 0 Å². The summed E-state index contributed by atoms with van der Waals surface area (Å²) in [7, 11) is -3.60. The van der Waals surface area contributed by atoms with E-state index in [1.807, 2.05) is 12.3 Å². The highest BCUT2D eigenvalue weighted by Crippen LogP contribution is 2.20. The Balaban J connectivity index is 2.16. The fourth-order valence-electron chi connectivity index (χ4n) is 1.40. The van der Waals surface area contributed by atoms with Crippen molar-refractivity contribution >= 4 is 33.0 Å². The Labute approximate surface area is 115 Å². The first-order valence-corrected chi connectivity index (χ1v) is 7.88. The van der Waals surface area contributed by atoms with Crippen LogP contribution < -0.4 is 4.72 Å². The van der Waals surface area contributed by atoms with Gasteiger partial charge in [0, 0.05) is 5.38 Å². The normalized spacial score (nSPS) is 11.7. The van der Waals surface area contributed by atoms with E-state index in [2.05, 4.69) is 9.71 Å². The van der Waals surface area contributed by atoms with Crippen LogP contribution in [-0.4, -0.2) is 13.4 Å². The lowest BCUT2D eigenvalue weighted by molar-refractivity contribution is 0.580. The smallest absolute Gasteiger partial charge is 0.242 e. The molecule has 2 aromatic rings. The van der Waals surface area contributed by atoms with Gasteiger partial charge in [0.2, 0.25) is 10.0 Å². The Morgan fingerprint density at radius 2 is 2.11 bits per heavy atom. The van der Waals surface area contributed by atoms with Crippen LogP contribution >= 0.6 is 22.9 Å². The highest BCUT2D eigenvalue weighted by molar-refractivity contribution is 7.89. The molecule has 18 heavy (non-hydrogen) atoms. The van der Waals surface area contributed by atoms with E-state index in [0.717, 1.165) is 5.01 Å². The molecule has 0 spiro atoms. The van der Waals surface area contributed by atoms with Crippen LogP contribution in [-0.2, 0) is 16.6 Å². The van der Waals surface area contributed by atoms with Crippen LogP contribution in [0.4, 0.5) is 0 Å². The first-order chi connectivity index (χ1) is 8.49. The number of nitrogens with one attached hydrogen (secondary N) is 1. The number of aromatic nitrogens is 1. The second kappa shape index (κ2) is 5.36. The minimum atomic E-state index is -3.60. The molecule has 0 amide bonds. The summed E-state index contributed by atoms with van der Waals surface area (Å²) in [5.74, 6) is 0. The van der Waals surface area contributed by atoms with Crippen LogP contribution in [0.15, 0.2) is 34.5 Å². The fraction of sp³-hybridized carbons (Fsp3) is 0.182. The lowest BCUT2D eigenvalue weighted by atomic mass is 10.4. The van der Waals surface area contributed by atoms with Gasteiger partial charge in [-0.3, -0.25) is 0 Å². The summed E-state index contributed by atoms with van der Waals surface area (Å²) >= 11 is 7.34. The maximum atomic E-state index is 12.0. The van der Waals surface area contributed by atoms with E-state index >= 15 is 0 Å². The molecule has 0 aliphatic rings. The van der Waals surface area contributed by atoms with Crippen molar-refractivity contribution in [1.29, 1.82) is 0 Å². The number of rotatable bonds is 4. The van der Waals surface area contributed by atoms with Crippen molar-refractivity contribution in [2.75, 3.05) is 0 Å². The second-order valence-electron chi connectivity index (χ2n) is 3.61. The van der Waals surface area contributed by atoms with E-state index in [0.29, 0.717) is 5.69 Å². The van der Waals surface area contributed by atoms with Crippen LogP contribution in [0.3, 0.4) is 0 Å². The molecule has 0 fully saturated rings. The average Bonchev–Trinajstić information content (AvgIpc) is 2.73. The van der Waals surface area contributed by atoms with E-state index < -0.39 is 10.0 Å². The van der Waals surface area contributed by atoms with Crippen molar-refractivity contribution < 1.29 is 8.42 Å². The molecule has 2 rings (SSSR count). The van der Waals surface area contributed by atoms with Crippen LogP contribution in [0.1, 0.15) is 10.7 Å². The minimum Gasteiger partial charge on any atom is -0.245 e. The largest absolute Gasteiger partial charge is 0.245 e. The molecule has 0 atom stereocenters. The van der Waals surface area contributed by atoms with E-state index in [-0.39, 0.29) is 16.5 Å². The second-order valence-corrected chi connectivity index (χ2v) is 6.82. The van der Waals surface area contributed by atoms with Gasteiger partial charge in [0.1, 0.15) is 4.90 Å². The van der Waals surface area contributed by atoms with Crippen molar-refractivity contribution in [2.24, 2.45) is 0 Å². The molecule has 0 aliphatic heterocycles. The standard InChI is InChI=1S/C11H11ClN2O2S2/c1-8-14-9(7-17-8)6-13-18(15,16)11-5-3-2-4-10(11)12/h2-5,7,13H,6H2,1H3. The highest BCUT2D eigenvalue weighted by Gasteiger charge is 2.17. The minimum absolute atomic E-state index is 0.0821. The Morgan fingerprint density at radius 1 is 1.39 bits per heavy atom. The molecule has 0 unspecified atom stereocenters. The molecular weight excluding hydrogens is 292 g/mol. The number of halogens is 1. The van der Waals surface area contributed by atoms with Gasteiger partial charge in [-0.1, -0.05) is 23.7 Å². The van der Waals surface area contributed by atoms with Crippen molar-refractivity contribution in [1.82, 2.24) is 9.71 Å². The quantitative estimate of drug-likeness (QED) is 0.944. The summed E-state index contributed by atoms with van der Waals surface area (Å²) in [6, 6.07) is 6.33. The average molecular weight is 303 g/mol. The Morgan fingerprint density at radius 3 is 2.72 bits per heavy atom. The fourth-order valence-corrected chi connectivity index (χ4v) is 3.53. The third-order valence-electron chi connectivity index (χ3n) is 2.24. The molecule has 0 bridgehead atoms. The zero-order chi connectivity index (χ0) is 13.2. The van der Waals surface area contributed by atoms with Crippen LogP contribution in [0.25, 0.3) is 0 Å². The monoisotopic (exact) mass is 302 g/mol. The molecule has 1 heterocycles. The zero-order valence-electron chi connectivity index (χ0n) is 9.55. The Bertz CT molecular complexity index is 653. The predicted octanol–water partition coefficient (Wildman–Crippen LogP) is 2.58. The first-order valence-electron chi connectivity index (χ1n) is 5.14. The topological polar surface area (TPSA) is 59.1 Å². The van der Waals surface area contributed by atoms with Crippen molar-refractivity contribution in [3.05, 3.63) is 45.4 Å². The van der Waals surface area contributed by atoms with Gasteiger partial charge in [0.25, 0.3) is 0 Å². The number of thiazole rings is 1. The number of hydrogen-bond donors (Lipinski definition) is 1.